The summed E-state index contributed by atoms with van der Waals surface area (Å²) in [5.74, 6) is -0.575. The summed E-state index contributed by atoms with van der Waals surface area (Å²) in [7, 11) is 0. The van der Waals surface area contributed by atoms with Gasteiger partial charge in [-0.1, -0.05) is 367 Å². The number of aliphatic hydroxyl groups is 1. The number of hydrogen-bond acceptors (Lipinski definition) is 5. The van der Waals surface area contributed by atoms with Crippen LogP contribution in [0, 0.1) is 0 Å². The number of aliphatic hydroxyl groups excluding tert-OH is 1. The van der Waals surface area contributed by atoms with Crippen LogP contribution in [0.1, 0.15) is 361 Å². The topological polar surface area (TPSA) is 72.8 Å². The molecule has 5 heteroatoms. The number of unbranched alkanes of at least 4 members (excludes halogenated alkanes) is 40. The maximum absolute atomic E-state index is 12.4. The highest BCUT2D eigenvalue weighted by molar-refractivity contribution is 5.70. The lowest BCUT2D eigenvalue weighted by atomic mass is 10.0. The van der Waals surface area contributed by atoms with Crippen LogP contribution in [-0.2, 0) is 19.1 Å². The number of carbonyl (C=O) groups is 2. The minimum Gasteiger partial charge on any atom is -0.462 e. The summed E-state index contributed by atoms with van der Waals surface area (Å²) < 4.78 is 10.8. The molecule has 0 radical (unpaired) electrons. The standard InChI is InChI=1S/C81H140O5/c1-3-5-7-9-11-13-15-17-19-21-23-25-27-29-31-33-35-36-37-38-39-40-41-42-43-44-46-48-50-52-54-56-58-60-62-64-66-68-70-72-74-76-81(84)86-79(77-82)78-85-80(83)75-73-71-69-67-65-63-61-59-57-55-53-51-49-47-45-34-32-30-28-26-24-22-20-18-16-14-12-10-8-6-4-2/h5-8,11-14,17-20,23-26,29,31,35-36,79,82H,3-4,9-10,15-16,21-22,27-28,30,32-34,37-78H2,1-2H3/b7-5-,8-6-,13-11-,14-12-,19-17-,20-18-,25-23-,26-24-,31-29-,36-35-. The Morgan fingerprint density at radius 3 is 0.698 bits per heavy atom. The van der Waals surface area contributed by atoms with Gasteiger partial charge in [0.1, 0.15) is 6.61 Å². The largest absolute Gasteiger partial charge is 0.462 e. The summed E-state index contributed by atoms with van der Waals surface area (Å²) in [5.41, 5.74) is 0. The average molecular weight is 1190 g/mol. The molecule has 0 bridgehead atoms. The van der Waals surface area contributed by atoms with Crippen molar-refractivity contribution in [3.8, 4) is 0 Å². The molecule has 0 heterocycles. The molecule has 1 atom stereocenters. The average Bonchev–Trinajstić information content (AvgIpc) is 3.54. The molecule has 0 saturated heterocycles. The summed E-state index contributed by atoms with van der Waals surface area (Å²) in [6.45, 7) is 3.95. The number of ether oxygens (including phenoxy) is 2. The van der Waals surface area contributed by atoms with Crippen LogP contribution in [0.2, 0.25) is 0 Å². The highest BCUT2D eigenvalue weighted by Crippen LogP contribution is 2.18. The van der Waals surface area contributed by atoms with Crippen LogP contribution in [0.4, 0.5) is 0 Å². The van der Waals surface area contributed by atoms with Crippen LogP contribution in [0.5, 0.6) is 0 Å². The van der Waals surface area contributed by atoms with Crippen molar-refractivity contribution in [2.45, 2.75) is 367 Å². The molecule has 0 aliphatic heterocycles. The fourth-order valence-corrected chi connectivity index (χ4v) is 10.8. The molecule has 0 spiro atoms. The fraction of sp³-hybridized carbons (Fsp3) is 0.728. The van der Waals surface area contributed by atoms with E-state index in [0.717, 1.165) is 103 Å². The smallest absolute Gasteiger partial charge is 0.306 e. The molecule has 0 aliphatic carbocycles. The molecule has 0 amide bonds. The molecule has 0 aliphatic rings. The van der Waals surface area contributed by atoms with E-state index in [0.29, 0.717) is 12.8 Å². The number of hydrogen-bond donors (Lipinski definition) is 1. The van der Waals surface area contributed by atoms with Gasteiger partial charge in [0.25, 0.3) is 0 Å². The Bertz CT molecular complexity index is 1690. The van der Waals surface area contributed by atoms with Crippen molar-refractivity contribution in [3.05, 3.63) is 122 Å². The second kappa shape index (κ2) is 75.5. The van der Waals surface area contributed by atoms with Gasteiger partial charge in [0, 0.05) is 12.8 Å². The van der Waals surface area contributed by atoms with Gasteiger partial charge in [-0.15, -0.1) is 0 Å². The zero-order chi connectivity index (χ0) is 61.9. The molecule has 1 N–H and O–H groups in total. The van der Waals surface area contributed by atoms with Crippen molar-refractivity contribution in [2.75, 3.05) is 13.2 Å². The van der Waals surface area contributed by atoms with Crippen molar-refractivity contribution < 1.29 is 24.2 Å². The van der Waals surface area contributed by atoms with Crippen molar-refractivity contribution >= 4 is 11.9 Å². The normalized spacial score (nSPS) is 12.9. The number of carbonyl (C=O) groups excluding carboxylic acids is 2. The highest BCUT2D eigenvalue weighted by atomic mass is 16.6. The van der Waals surface area contributed by atoms with E-state index in [1.807, 2.05) is 0 Å². The summed E-state index contributed by atoms with van der Waals surface area (Å²) in [6, 6.07) is 0. The van der Waals surface area contributed by atoms with Crippen molar-refractivity contribution in [1.82, 2.24) is 0 Å². The Balaban J connectivity index is 3.42. The third-order valence-corrected chi connectivity index (χ3v) is 16.3. The second-order valence-corrected chi connectivity index (χ2v) is 24.6. The summed E-state index contributed by atoms with van der Waals surface area (Å²) in [4.78, 5) is 24.7. The number of rotatable bonds is 68. The third-order valence-electron chi connectivity index (χ3n) is 16.3. The summed E-state index contributed by atoms with van der Waals surface area (Å²) in [6.07, 6.45) is 111. The molecule has 494 valence electrons. The van der Waals surface area contributed by atoms with Crippen LogP contribution in [0.3, 0.4) is 0 Å². The van der Waals surface area contributed by atoms with Crippen LogP contribution in [0.25, 0.3) is 0 Å². The van der Waals surface area contributed by atoms with E-state index in [-0.39, 0.29) is 25.2 Å². The van der Waals surface area contributed by atoms with E-state index in [9.17, 15) is 14.7 Å². The summed E-state index contributed by atoms with van der Waals surface area (Å²) in [5, 5.41) is 9.72. The Labute approximate surface area is 534 Å². The lowest BCUT2D eigenvalue weighted by molar-refractivity contribution is -0.161. The molecule has 1 unspecified atom stereocenters. The molecular formula is C81H140O5. The van der Waals surface area contributed by atoms with Crippen molar-refractivity contribution in [3.63, 3.8) is 0 Å². The molecule has 0 fully saturated rings. The highest BCUT2D eigenvalue weighted by Gasteiger charge is 2.16. The van der Waals surface area contributed by atoms with Crippen LogP contribution in [0.15, 0.2) is 122 Å². The van der Waals surface area contributed by atoms with E-state index >= 15 is 0 Å². The van der Waals surface area contributed by atoms with Gasteiger partial charge in [0.2, 0.25) is 0 Å². The molecule has 0 aromatic carbocycles. The minimum absolute atomic E-state index is 0.0647. The van der Waals surface area contributed by atoms with E-state index in [4.69, 9.17) is 9.47 Å². The second-order valence-electron chi connectivity index (χ2n) is 24.6. The first-order chi connectivity index (χ1) is 42.6. The molecule has 0 saturated carbocycles. The van der Waals surface area contributed by atoms with Gasteiger partial charge in [0.05, 0.1) is 6.61 Å². The number of esters is 2. The molecule has 0 aromatic heterocycles. The Morgan fingerprint density at radius 2 is 0.465 bits per heavy atom. The van der Waals surface area contributed by atoms with Gasteiger partial charge in [-0.2, -0.15) is 0 Å². The maximum Gasteiger partial charge on any atom is 0.306 e. The predicted octanol–water partition coefficient (Wildman–Crippen LogP) is 26.1. The SMILES string of the molecule is CC/C=C\C/C=C\C/C=C\C/C=C\C/C=C\C/C=C\CCCCCCCCCCCCCCCCCCCCCCCCC(=O)OC(CO)COC(=O)CCCCCCCCCCCCCCCCCCCC/C=C\C/C=C\C/C=C\C/C=C\CC. The molecular weight excluding hydrogens is 1050 g/mol. The van der Waals surface area contributed by atoms with E-state index in [1.54, 1.807) is 0 Å². The first kappa shape index (κ1) is 82.3. The lowest BCUT2D eigenvalue weighted by Gasteiger charge is -2.15. The Hall–Kier alpha value is -3.70. The van der Waals surface area contributed by atoms with Crippen molar-refractivity contribution in [1.29, 1.82) is 0 Å². The van der Waals surface area contributed by atoms with Crippen LogP contribution in [-0.4, -0.2) is 36.4 Å². The molecule has 86 heavy (non-hydrogen) atoms. The fourth-order valence-electron chi connectivity index (χ4n) is 10.8. The minimum atomic E-state index is -0.776. The quantitative estimate of drug-likeness (QED) is 0.0373. The van der Waals surface area contributed by atoms with Crippen LogP contribution >= 0.6 is 0 Å². The van der Waals surface area contributed by atoms with Gasteiger partial charge in [0.15, 0.2) is 6.10 Å². The van der Waals surface area contributed by atoms with Crippen molar-refractivity contribution in [2.24, 2.45) is 0 Å². The molecule has 0 aromatic rings. The first-order valence-corrected chi connectivity index (χ1v) is 37.1. The monoisotopic (exact) mass is 1190 g/mol. The lowest BCUT2D eigenvalue weighted by Crippen LogP contribution is -2.28. The Kier molecular flexibility index (Phi) is 72.3. The van der Waals surface area contributed by atoms with E-state index in [2.05, 4.69) is 135 Å². The first-order valence-electron chi connectivity index (χ1n) is 37.1. The molecule has 0 rings (SSSR count). The van der Waals surface area contributed by atoms with Gasteiger partial charge < -0.3 is 14.6 Å². The van der Waals surface area contributed by atoms with Gasteiger partial charge in [-0.3, -0.25) is 9.59 Å². The predicted molar refractivity (Wildman–Crippen MR) is 380 cm³/mol. The van der Waals surface area contributed by atoms with Gasteiger partial charge in [-0.25, -0.2) is 0 Å². The maximum atomic E-state index is 12.4. The van der Waals surface area contributed by atoms with E-state index in [1.165, 1.54) is 231 Å². The molecule has 5 nitrogen and oxygen atoms in total. The van der Waals surface area contributed by atoms with Gasteiger partial charge >= 0.3 is 11.9 Å². The zero-order valence-corrected chi connectivity index (χ0v) is 56.8. The third kappa shape index (κ3) is 72.8. The summed E-state index contributed by atoms with van der Waals surface area (Å²) >= 11 is 0. The Morgan fingerprint density at radius 1 is 0.267 bits per heavy atom. The number of allylic oxidation sites excluding steroid dienone is 20. The van der Waals surface area contributed by atoms with E-state index < -0.39 is 6.10 Å². The van der Waals surface area contributed by atoms with Gasteiger partial charge in [-0.05, 0) is 103 Å². The van der Waals surface area contributed by atoms with Crippen LogP contribution < -0.4 is 0 Å². The zero-order valence-electron chi connectivity index (χ0n) is 56.8.